The zero-order valence-electron chi connectivity index (χ0n) is 20.0. The molecule has 1 aliphatic rings. The first-order chi connectivity index (χ1) is 16.8. The summed E-state index contributed by atoms with van der Waals surface area (Å²) in [5.74, 6) is -2.16. The molecule has 0 radical (unpaired) electrons. The Hall–Kier alpha value is -3.54. The normalized spacial score (nSPS) is 17.6. The number of rotatable bonds is 6. The van der Waals surface area contributed by atoms with Crippen LogP contribution in [0.3, 0.4) is 0 Å². The summed E-state index contributed by atoms with van der Waals surface area (Å²) in [5, 5.41) is 5.80. The van der Waals surface area contributed by atoms with Crippen molar-refractivity contribution in [3.05, 3.63) is 106 Å². The molecule has 2 amide bonds. The number of aryl methyl sites for hydroxylation is 2. The van der Waals surface area contributed by atoms with E-state index < -0.39 is 23.4 Å². The van der Waals surface area contributed by atoms with Crippen molar-refractivity contribution in [2.24, 2.45) is 0 Å². The SMILES string of the molecule is Cc1ccc(C(=O)NC2CCCCC2c2cc(C(=O)NCc3ccccc3)c(F)cc2C)c(F)c1. The lowest BCUT2D eigenvalue weighted by Gasteiger charge is -2.34. The molecule has 1 saturated carbocycles. The minimum Gasteiger partial charge on any atom is -0.349 e. The van der Waals surface area contributed by atoms with E-state index in [0.29, 0.717) is 6.54 Å². The standard InChI is InChI=1S/C29H30F2N2O2/c1-18-12-13-22(25(30)14-18)29(35)33-27-11-7-6-10-21(27)23-16-24(26(31)15-19(23)2)28(34)32-17-20-8-4-3-5-9-20/h3-5,8-9,12-16,21,27H,6-7,10-11,17H2,1-2H3,(H,32,34)(H,33,35). The fourth-order valence-electron chi connectivity index (χ4n) is 4.86. The molecule has 3 aromatic rings. The Bertz CT molecular complexity index is 1230. The van der Waals surface area contributed by atoms with E-state index in [2.05, 4.69) is 10.6 Å². The van der Waals surface area contributed by atoms with E-state index in [0.717, 1.165) is 47.9 Å². The minimum absolute atomic E-state index is 0.0109. The van der Waals surface area contributed by atoms with E-state index in [1.807, 2.05) is 37.3 Å². The highest BCUT2D eigenvalue weighted by molar-refractivity contribution is 5.95. The summed E-state index contributed by atoms with van der Waals surface area (Å²) < 4.78 is 29.2. The summed E-state index contributed by atoms with van der Waals surface area (Å²) in [6.45, 7) is 3.89. The maximum atomic E-state index is 14.8. The van der Waals surface area contributed by atoms with Crippen LogP contribution in [-0.4, -0.2) is 17.9 Å². The number of nitrogens with one attached hydrogen (secondary N) is 2. The zero-order chi connectivity index (χ0) is 24.9. The van der Waals surface area contributed by atoms with E-state index in [-0.39, 0.29) is 23.1 Å². The summed E-state index contributed by atoms with van der Waals surface area (Å²) in [6.07, 6.45) is 3.42. The van der Waals surface area contributed by atoms with Gasteiger partial charge in [0.1, 0.15) is 11.6 Å². The maximum Gasteiger partial charge on any atom is 0.254 e. The van der Waals surface area contributed by atoms with Crippen molar-refractivity contribution in [2.45, 2.75) is 58.0 Å². The molecule has 4 rings (SSSR count). The van der Waals surface area contributed by atoms with Gasteiger partial charge >= 0.3 is 0 Å². The first kappa shape index (κ1) is 24.6. The van der Waals surface area contributed by atoms with E-state index in [1.165, 1.54) is 18.2 Å². The number of hydrogen-bond donors (Lipinski definition) is 2. The number of carbonyl (C=O) groups excluding carboxylic acids is 2. The molecule has 0 saturated heterocycles. The summed E-state index contributed by atoms with van der Waals surface area (Å²) in [5.41, 5.74) is 3.24. The highest BCUT2D eigenvalue weighted by Crippen LogP contribution is 2.36. The van der Waals surface area contributed by atoms with Crippen LogP contribution in [0.15, 0.2) is 60.7 Å². The molecule has 0 heterocycles. The minimum atomic E-state index is -0.574. The van der Waals surface area contributed by atoms with Gasteiger partial charge in [-0.2, -0.15) is 0 Å². The average molecular weight is 477 g/mol. The lowest BCUT2D eigenvalue weighted by Crippen LogP contribution is -2.41. The van der Waals surface area contributed by atoms with Gasteiger partial charge in [-0.05, 0) is 73.2 Å². The molecule has 2 unspecified atom stereocenters. The van der Waals surface area contributed by atoms with Crippen LogP contribution >= 0.6 is 0 Å². The number of amides is 2. The molecule has 0 bridgehead atoms. The Morgan fingerprint density at radius 2 is 1.57 bits per heavy atom. The quantitative estimate of drug-likeness (QED) is 0.461. The monoisotopic (exact) mass is 476 g/mol. The van der Waals surface area contributed by atoms with Crippen molar-refractivity contribution in [1.29, 1.82) is 0 Å². The van der Waals surface area contributed by atoms with E-state index in [9.17, 15) is 18.4 Å². The number of hydrogen-bond acceptors (Lipinski definition) is 2. The molecule has 0 aromatic heterocycles. The highest BCUT2D eigenvalue weighted by atomic mass is 19.1. The fourth-order valence-corrected chi connectivity index (χ4v) is 4.86. The Balaban J connectivity index is 1.55. The topological polar surface area (TPSA) is 58.2 Å². The first-order valence-corrected chi connectivity index (χ1v) is 12.0. The highest BCUT2D eigenvalue weighted by Gasteiger charge is 2.31. The van der Waals surface area contributed by atoms with Crippen LogP contribution in [0.5, 0.6) is 0 Å². The number of carbonyl (C=O) groups is 2. The molecule has 35 heavy (non-hydrogen) atoms. The molecule has 182 valence electrons. The largest absolute Gasteiger partial charge is 0.349 e. The van der Waals surface area contributed by atoms with Crippen molar-refractivity contribution in [1.82, 2.24) is 10.6 Å². The van der Waals surface area contributed by atoms with Crippen molar-refractivity contribution >= 4 is 11.8 Å². The van der Waals surface area contributed by atoms with Crippen LogP contribution in [0.4, 0.5) is 8.78 Å². The lowest BCUT2D eigenvalue weighted by molar-refractivity contribution is 0.0912. The van der Waals surface area contributed by atoms with Crippen LogP contribution in [0, 0.1) is 25.5 Å². The molecule has 2 N–H and O–H groups in total. The predicted molar refractivity (Wildman–Crippen MR) is 132 cm³/mol. The average Bonchev–Trinajstić information content (AvgIpc) is 2.84. The smallest absolute Gasteiger partial charge is 0.254 e. The van der Waals surface area contributed by atoms with Crippen molar-refractivity contribution in [3.63, 3.8) is 0 Å². The molecule has 6 heteroatoms. The second-order valence-corrected chi connectivity index (χ2v) is 9.31. The molecule has 1 aliphatic carbocycles. The van der Waals surface area contributed by atoms with Gasteiger partial charge in [-0.15, -0.1) is 0 Å². The van der Waals surface area contributed by atoms with Gasteiger partial charge in [0.2, 0.25) is 0 Å². The lowest BCUT2D eigenvalue weighted by atomic mass is 9.78. The zero-order valence-corrected chi connectivity index (χ0v) is 20.0. The fraction of sp³-hybridized carbons (Fsp3) is 0.310. The van der Waals surface area contributed by atoms with Crippen LogP contribution in [-0.2, 0) is 6.54 Å². The van der Waals surface area contributed by atoms with Gasteiger partial charge in [-0.3, -0.25) is 9.59 Å². The number of halogens is 2. The third-order valence-corrected chi connectivity index (χ3v) is 6.75. The van der Waals surface area contributed by atoms with Crippen LogP contribution in [0.25, 0.3) is 0 Å². The van der Waals surface area contributed by atoms with Crippen LogP contribution < -0.4 is 10.6 Å². The molecule has 4 nitrogen and oxygen atoms in total. The van der Waals surface area contributed by atoms with Gasteiger partial charge in [-0.1, -0.05) is 49.2 Å². The van der Waals surface area contributed by atoms with Crippen molar-refractivity contribution in [2.75, 3.05) is 0 Å². The van der Waals surface area contributed by atoms with Crippen molar-refractivity contribution < 1.29 is 18.4 Å². The molecular weight excluding hydrogens is 446 g/mol. The number of benzene rings is 3. The Labute approximate surface area is 204 Å². The van der Waals surface area contributed by atoms with E-state index in [1.54, 1.807) is 19.1 Å². The second-order valence-electron chi connectivity index (χ2n) is 9.31. The second kappa shape index (κ2) is 10.8. The van der Waals surface area contributed by atoms with Gasteiger partial charge in [0.05, 0.1) is 11.1 Å². The molecule has 1 fully saturated rings. The van der Waals surface area contributed by atoms with Gasteiger partial charge in [-0.25, -0.2) is 8.78 Å². The Morgan fingerprint density at radius 3 is 2.31 bits per heavy atom. The molecule has 3 aromatic carbocycles. The van der Waals surface area contributed by atoms with Gasteiger partial charge in [0.15, 0.2) is 0 Å². The van der Waals surface area contributed by atoms with E-state index in [4.69, 9.17) is 0 Å². The summed E-state index contributed by atoms with van der Waals surface area (Å²) in [4.78, 5) is 25.7. The predicted octanol–water partition coefficient (Wildman–Crippen LogP) is 5.97. The summed E-state index contributed by atoms with van der Waals surface area (Å²) >= 11 is 0. The third-order valence-electron chi connectivity index (χ3n) is 6.75. The molecular formula is C29H30F2N2O2. The molecule has 0 spiro atoms. The molecule has 2 atom stereocenters. The Morgan fingerprint density at radius 1 is 0.857 bits per heavy atom. The third kappa shape index (κ3) is 5.76. The maximum absolute atomic E-state index is 14.8. The first-order valence-electron chi connectivity index (χ1n) is 12.0. The Kier molecular flexibility index (Phi) is 7.59. The summed E-state index contributed by atoms with van der Waals surface area (Å²) in [7, 11) is 0. The van der Waals surface area contributed by atoms with Crippen LogP contribution in [0.2, 0.25) is 0 Å². The van der Waals surface area contributed by atoms with Gasteiger partial charge in [0, 0.05) is 18.5 Å². The van der Waals surface area contributed by atoms with Gasteiger partial charge in [0.25, 0.3) is 11.8 Å². The molecule has 0 aliphatic heterocycles. The van der Waals surface area contributed by atoms with E-state index >= 15 is 0 Å². The van der Waals surface area contributed by atoms with Crippen molar-refractivity contribution in [3.8, 4) is 0 Å². The van der Waals surface area contributed by atoms with Crippen LogP contribution in [0.1, 0.15) is 74.6 Å². The van der Waals surface area contributed by atoms with Gasteiger partial charge < -0.3 is 10.6 Å². The summed E-state index contributed by atoms with van der Waals surface area (Å²) in [6, 6.07) is 16.8.